The van der Waals surface area contributed by atoms with Gasteiger partial charge in [-0.05, 0) is 0 Å². The average Bonchev–Trinajstić information content (AvgIpc) is 1.65. The molecule has 0 bridgehead atoms. The number of amides is 2. The van der Waals surface area contributed by atoms with Gasteiger partial charge in [-0.15, -0.1) is 0 Å². The first-order valence-electron chi connectivity index (χ1n) is 1.74. The molecule has 0 heterocycles. The smallest absolute Gasteiger partial charge is 0.416 e. The summed E-state index contributed by atoms with van der Waals surface area (Å²) in [5.74, 6) is 0. The minimum atomic E-state index is -1.42. The predicted molar refractivity (Wildman–Crippen MR) is 23.6 cm³/mol. The lowest BCUT2D eigenvalue weighted by molar-refractivity contribution is 0.159. The van der Waals surface area contributed by atoms with Gasteiger partial charge in [-0.1, -0.05) is 0 Å². The Morgan fingerprint density at radius 1 is 1.62 bits per heavy atom. The van der Waals surface area contributed by atoms with E-state index in [2.05, 4.69) is 4.74 Å². The van der Waals surface area contributed by atoms with Crippen LogP contribution in [-0.4, -0.2) is 24.4 Å². The lowest BCUT2D eigenvalue weighted by Gasteiger charge is -1.93. The predicted octanol–water partition coefficient (Wildman–Crippen LogP) is 0.0204. The summed E-state index contributed by atoms with van der Waals surface area (Å²) in [5.41, 5.74) is 0. The summed E-state index contributed by atoms with van der Waals surface area (Å²) in [4.78, 5) is 19.5. The molecule has 2 amide bonds. The number of carbonyl (C=O) groups excluding carboxylic acids is 1. The van der Waals surface area contributed by atoms with Gasteiger partial charge in [0.25, 0.3) is 0 Å². The molecular weight excluding hydrogens is 114 g/mol. The van der Waals surface area contributed by atoms with E-state index in [1.165, 1.54) is 5.32 Å². The van der Waals surface area contributed by atoms with Crippen molar-refractivity contribution in [3.05, 3.63) is 0 Å². The zero-order valence-corrected chi connectivity index (χ0v) is 4.17. The zero-order valence-electron chi connectivity index (χ0n) is 4.17. The topological polar surface area (TPSA) is 75.6 Å². The number of methoxy groups -OCH3 is 1. The van der Waals surface area contributed by atoms with Gasteiger partial charge in [-0.25, -0.2) is 14.9 Å². The van der Waals surface area contributed by atoms with Crippen LogP contribution in [0.25, 0.3) is 0 Å². The molecule has 8 heavy (non-hydrogen) atoms. The van der Waals surface area contributed by atoms with Crippen LogP contribution in [0.15, 0.2) is 0 Å². The van der Waals surface area contributed by atoms with E-state index in [1.54, 1.807) is 0 Å². The minimum Gasteiger partial charge on any atom is -0.465 e. The fourth-order valence-electron chi connectivity index (χ4n) is 0.138. The lowest BCUT2D eigenvalue weighted by atomic mass is 11.0. The molecule has 0 aromatic carbocycles. The van der Waals surface area contributed by atoms with Crippen molar-refractivity contribution in [2.24, 2.45) is 0 Å². The molecule has 0 aromatic heterocycles. The standard InChI is InChI=1S/C3H5NO4/c1-8-3(7)4-2(5)6/h1H3,(H,4,7)(H,5,6). The molecule has 0 aromatic rings. The quantitative estimate of drug-likeness (QED) is 0.471. The van der Waals surface area contributed by atoms with Crippen LogP contribution in [0.2, 0.25) is 0 Å². The van der Waals surface area contributed by atoms with Crippen molar-refractivity contribution >= 4 is 12.2 Å². The van der Waals surface area contributed by atoms with Gasteiger partial charge in [0.05, 0.1) is 7.11 Å². The van der Waals surface area contributed by atoms with E-state index in [1.807, 2.05) is 0 Å². The molecule has 5 nitrogen and oxygen atoms in total. The molecule has 0 fully saturated rings. The monoisotopic (exact) mass is 119 g/mol. The Labute approximate surface area is 45.2 Å². The van der Waals surface area contributed by atoms with Gasteiger partial charge < -0.3 is 9.84 Å². The molecule has 5 heteroatoms. The number of rotatable bonds is 0. The third-order valence-electron chi connectivity index (χ3n) is 0.394. The molecule has 0 aliphatic heterocycles. The van der Waals surface area contributed by atoms with Crippen molar-refractivity contribution in [2.45, 2.75) is 0 Å². The molecule has 0 saturated heterocycles. The average molecular weight is 119 g/mol. The second-order valence-corrected chi connectivity index (χ2v) is 0.922. The summed E-state index contributed by atoms with van der Waals surface area (Å²) in [6.07, 6.45) is -2.39. The number of nitrogens with one attached hydrogen (secondary N) is 1. The zero-order chi connectivity index (χ0) is 6.57. The van der Waals surface area contributed by atoms with Crippen LogP contribution in [0, 0.1) is 0 Å². The van der Waals surface area contributed by atoms with Crippen molar-refractivity contribution in [1.82, 2.24) is 5.32 Å². The molecule has 0 atom stereocenters. The number of hydrogen-bond donors (Lipinski definition) is 2. The molecule has 46 valence electrons. The van der Waals surface area contributed by atoms with Gasteiger partial charge in [0.2, 0.25) is 0 Å². The lowest BCUT2D eigenvalue weighted by Crippen LogP contribution is -2.28. The second kappa shape index (κ2) is 2.84. The van der Waals surface area contributed by atoms with E-state index in [4.69, 9.17) is 5.11 Å². The third-order valence-corrected chi connectivity index (χ3v) is 0.394. The highest BCUT2D eigenvalue weighted by atomic mass is 16.5. The number of hydrogen-bond acceptors (Lipinski definition) is 3. The highest BCUT2D eigenvalue weighted by Gasteiger charge is 2.01. The summed E-state index contributed by atoms with van der Waals surface area (Å²) in [5, 5.41) is 9.25. The van der Waals surface area contributed by atoms with Crippen molar-refractivity contribution in [1.29, 1.82) is 0 Å². The largest absolute Gasteiger partial charge is 0.465 e. The number of ether oxygens (including phenoxy) is 1. The van der Waals surface area contributed by atoms with Crippen molar-refractivity contribution < 1.29 is 19.4 Å². The Hall–Kier alpha value is -1.26. The highest BCUT2D eigenvalue weighted by Crippen LogP contribution is 1.68. The Morgan fingerprint density at radius 2 is 2.12 bits per heavy atom. The van der Waals surface area contributed by atoms with Gasteiger partial charge in [0, 0.05) is 0 Å². The van der Waals surface area contributed by atoms with E-state index in [0.717, 1.165) is 7.11 Å². The van der Waals surface area contributed by atoms with E-state index in [9.17, 15) is 9.59 Å². The van der Waals surface area contributed by atoms with Crippen LogP contribution in [0.4, 0.5) is 9.59 Å². The number of carboxylic acid groups (broad SMARTS) is 1. The fourth-order valence-corrected chi connectivity index (χ4v) is 0.138. The maximum atomic E-state index is 9.91. The molecule has 0 radical (unpaired) electrons. The molecule has 0 rings (SSSR count). The summed E-state index contributed by atoms with van der Waals surface area (Å²) >= 11 is 0. The van der Waals surface area contributed by atoms with Crippen molar-refractivity contribution in [3.8, 4) is 0 Å². The number of alkyl carbamates (subject to hydrolysis) is 1. The van der Waals surface area contributed by atoms with Gasteiger partial charge in [0.15, 0.2) is 0 Å². The maximum absolute atomic E-state index is 9.91. The Kier molecular flexibility index (Phi) is 2.39. The fraction of sp³-hybridized carbons (Fsp3) is 0.333. The Bertz CT molecular complexity index is 110. The molecule has 0 aliphatic carbocycles. The summed E-state index contributed by atoms with van der Waals surface area (Å²) < 4.78 is 3.93. The van der Waals surface area contributed by atoms with Crippen LogP contribution < -0.4 is 5.32 Å². The second-order valence-electron chi connectivity index (χ2n) is 0.922. The van der Waals surface area contributed by atoms with E-state index in [-0.39, 0.29) is 0 Å². The van der Waals surface area contributed by atoms with E-state index >= 15 is 0 Å². The molecular formula is C3H5NO4. The first-order valence-corrected chi connectivity index (χ1v) is 1.74. The SMILES string of the molecule is COC(=O)NC(=O)O. The van der Waals surface area contributed by atoms with Crippen LogP contribution in [0.5, 0.6) is 0 Å². The molecule has 0 unspecified atom stereocenters. The first-order chi connectivity index (χ1) is 3.66. The van der Waals surface area contributed by atoms with E-state index in [0.29, 0.717) is 0 Å². The summed E-state index contributed by atoms with van der Waals surface area (Å²) in [6.45, 7) is 0. The Morgan fingerprint density at radius 3 is 2.25 bits per heavy atom. The minimum absolute atomic E-state index is 0.975. The van der Waals surface area contributed by atoms with Crippen LogP contribution in [-0.2, 0) is 4.74 Å². The first kappa shape index (κ1) is 6.74. The summed E-state index contributed by atoms with van der Waals surface area (Å²) in [6, 6.07) is 0. The number of imide groups is 1. The summed E-state index contributed by atoms with van der Waals surface area (Å²) in [7, 11) is 1.08. The van der Waals surface area contributed by atoms with Crippen LogP contribution >= 0.6 is 0 Å². The molecule has 0 spiro atoms. The number of carbonyl (C=O) groups is 2. The molecule has 2 N–H and O–H groups in total. The van der Waals surface area contributed by atoms with Gasteiger partial charge in [-0.3, -0.25) is 0 Å². The van der Waals surface area contributed by atoms with Gasteiger partial charge in [-0.2, -0.15) is 0 Å². The molecule has 0 aliphatic rings. The third kappa shape index (κ3) is 2.95. The van der Waals surface area contributed by atoms with Crippen molar-refractivity contribution in [3.63, 3.8) is 0 Å². The van der Waals surface area contributed by atoms with Gasteiger partial charge >= 0.3 is 12.2 Å². The Balaban J connectivity index is 3.40. The van der Waals surface area contributed by atoms with Crippen molar-refractivity contribution in [2.75, 3.05) is 7.11 Å². The maximum Gasteiger partial charge on any atom is 0.416 e. The van der Waals surface area contributed by atoms with Crippen LogP contribution in [0.3, 0.4) is 0 Å². The van der Waals surface area contributed by atoms with Crippen LogP contribution in [0.1, 0.15) is 0 Å². The molecule has 0 saturated carbocycles. The van der Waals surface area contributed by atoms with E-state index < -0.39 is 12.2 Å². The normalized spacial score (nSPS) is 7.62. The van der Waals surface area contributed by atoms with Gasteiger partial charge in [0.1, 0.15) is 0 Å². The highest BCUT2D eigenvalue weighted by molar-refractivity contribution is 5.86.